The molecule has 9 heteroatoms. The Kier molecular flexibility index (Phi) is 7.87. The number of carbonyl (C=O) groups excluding carboxylic acids is 1. The van der Waals surface area contributed by atoms with Gasteiger partial charge in [-0.2, -0.15) is 0 Å². The van der Waals surface area contributed by atoms with Crippen molar-refractivity contribution in [2.75, 3.05) is 25.0 Å². The summed E-state index contributed by atoms with van der Waals surface area (Å²) >= 11 is 1.66. The molecular formula is C23H27N3O4S2. The maximum absolute atomic E-state index is 13.0. The van der Waals surface area contributed by atoms with Crippen LogP contribution in [-0.2, 0) is 16.4 Å². The monoisotopic (exact) mass is 473 g/mol. The van der Waals surface area contributed by atoms with Gasteiger partial charge in [-0.25, -0.2) is 13.4 Å². The van der Waals surface area contributed by atoms with Crippen LogP contribution in [0.5, 0.6) is 5.75 Å². The van der Waals surface area contributed by atoms with E-state index in [0.29, 0.717) is 23.5 Å². The summed E-state index contributed by atoms with van der Waals surface area (Å²) in [5.41, 5.74) is 1.89. The molecule has 0 atom stereocenters. The summed E-state index contributed by atoms with van der Waals surface area (Å²) in [5.74, 6) is 0.233. The maximum atomic E-state index is 13.0. The molecule has 0 saturated carbocycles. The van der Waals surface area contributed by atoms with Gasteiger partial charge in [0.15, 0.2) is 0 Å². The molecule has 3 rings (SSSR count). The molecule has 0 aliphatic carbocycles. The van der Waals surface area contributed by atoms with E-state index in [-0.39, 0.29) is 10.8 Å². The fraction of sp³-hybridized carbons (Fsp3) is 0.304. The highest BCUT2D eigenvalue weighted by atomic mass is 32.2. The molecule has 0 spiro atoms. The average molecular weight is 474 g/mol. The van der Waals surface area contributed by atoms with E-state index in [1.165, 1.54) is 42.7 Å². The van der Waals surface area contributed by atoms with Crippen molar-refractivity contribution < 1.29 is 17.9 Å². The zero-order chi connectivity index (χ0) is 23.1. The van der Waals surface area contributed by atoms with Gasteiger partial charge in [-0.15, -0.1) is 11.3 Å². The van der Waals surface area contributed by atoms with Crippen LogP contribution in [0.25, 0.3) is 0 Å². The van der Waals surface area contributed by atoms with Crippen LogP contribution >= 0.6 is 11.3 Å². The number of aromatic nitrogens is 1. The van der Waals surface area contributed by atoms with E-state index in [1.54, 1.807) is 35.6 Å². The largest absolute Gasteiger partial charge is 0.495 e. The van der Waals surface area contributed by atoms with Gasteiger partial charge in [-0.3, -0.25) is 9.10 Å². The maximum Gasteiger partial charge on any atom is 0.264 e. The Hall–Kier alpha value is -2.91. The molecule has 1 amide bonds. The zero-order valence-corrected chi connectivity index (χ0v) is 20.0. The smallest absolute Gasteiger partial charge is 0.264 e. The first kappa shape index (κ1) is 23.7. The molecule has 3 aromatic rings. The molecule has 1 aromatic heterocycles. The molecule has 1 heterocycles. The average Bonchev–Trinajstić information content (AvgIpc) is 3.23. The van der Waals surface area contributed by atoms with Crippen LogP contribution in [0.2, 0.25) is 0 Å². The van der Waals surface area contributed by atoms with E-state index in [0.717, 1.165) is 30.0 Å². The number of methoxy groups -OCH3 is 1. The molecule has 0 aliphatic rings. The first-order chi connectivity index (χ1) is 15.3. The van der Waals surface area contributed by atoms with Crippen molar-refractivity contribution in [3.05, 3.63) is 70.2 Å². The Balaban J connectivity index is 1.56. The lowest BCUT2D eigenvalue weighted by Crippen LogP contribution is -2.27. The molecule has 7 nitrogen and oxygen atoms in total. The summed E-state index contributed by atoms with van der Waals surface area (Å²) in [5, 5.41) is 6.03. The number of hydrogen-bond donors (Lipinski definition) is 1. The van der Waals surface area contributed by atoms with Crippen molar-refractivity contribution in [3.63, 3.8) is 0 Å². The SMILES string of the molecule is COc1ccccc1N(C)S(=O)(=O)c1ccc(C(=O)NCCCCc2nc(C)cs2)cc1. The Labute approximate surface area is 193 Å². The standard InChI is InChI=1S/C23H27N3O4S2/c1-17-16-31-22(25-17)10-6-7-15-24-23(27)18-11-13-19(14-12-18)32(28,29)26(2)20-8-4-5-9-21(20)30-3/h4-5,8-9,11-14,16H,6-7,10,15H2,1-3H3,(H,24,27). The van der Waals surface area contributed by atoms with Crippen LogP contribution in [0.4, 0.5) is 5.69 Å². The molecule has 0 radical (unpaired) electrons. The molecule has 0 unspecified atom stereocenters. The van der Waals surface area contributed by atoms with E-state index >= 15 is 0 Å². The highest BCUT2D eigenvalue weighted by Gasteiger charge is 2.23. The minimum absolute atomic E-state index is 0.0983. The number of unbranched alkanes of at least 4 members (excludes halogenated alkanes) is 1. The first-order valence-electron chi connectivity index (χ1n) is 10.2. The summed E-state index contributed by atoms with van der Waals surface area (Å²) in [7, 11) is -0.834. The number of para-hydroxylation sites is 2. The van der Waals surface area contributed by atoms with Crippen molar-refractivity contribution in [2.45, 2.75) is 31.1 Å². The van der Waals surface area contributed by atoms with Gasteiger partial charge in [0.2, 0.25) is 0 Å². The normalized spacial score (nSPS) is 11.2. The Morgan fingerprint density at radius 2 is 1.84 bits per heavy atom. The Morgan fingerprint density at radius 3 is 2.50 bits per heavy atom. The van der Waals surface area contributed by atoms with Crippen molar-refractivity contribution in [1.82, 2.24) is 10.3 Å². The molecule has 32 heavy (non-hydrogen) atoms. The number of nitrogens with one attached hydrogen (secondary N) is 1. The third-order valence-electron chi connectivity index (χ3n) is 4.97. The lowest BCUT2D eigenvalue weighted by Gasteiger charge is -2.21. The second-order valence-electron chi connectivity index (χ2n) is 7.26. The van der Waals surface area contributed by atoms with Gasteiger partial charge < -0.3 is 10.1 Å². The molecule has 0 bridgehead atoms. The number of benzene rings is 2. The summed E-state index contributed by atoms with van der Waals surface area (Å²) in [6, 6.07) is 12.8. The Morgan fingerprint density at radius 1 is 1.12 bits per heavy atom. The van der Waals surface area contributed by atoms with Crippen LogP contribution in [0.1, 0.15) is 33.9 Å². The van der Waals surface area contributed by atoms with Crippen molar-refractivity contribution in [3.8, 4) is 5.75 Å². The van der Waals surface area contributed by atoms with E-state index in [4.69, 9.17) is 4.74 Å². The molecule has 0 fully saturated rings. The van der Waals surface area contributed by atoms with Crippen molar-refractivity contribution in [1.29, 1.82) is 0 Å². The number of aryl methyl sites for hydroxylation is 2. The summed E-state index contributed by atoms with van der Waals surface area (Å²) in [6.07, 6.45) is 2.70. The van der Waals surface area contributed by atoms with Crippen molar-refractivity contribution in [2.24, 2.45) is 0 Å². The van der Waals surface area contributed by atoms with Crippen molar-refractivity contribution >= 4 is 33.0 Å². The number of ether oxygens (including phenoxy) is 1. The molecule has 0 aliphatic heterocycles. The summed E-state index contributed by atoms with van der Waals surface area (Å²) < 4.78 is 32.5. The van der Waals surface area contributed by atoms with Gasteiger partial charge in [0.25, 0.3) is 15.9 Å². The quantitative estimate of drug-likeness (QED) is 0.449. The van der Waals surface area contributed by atoms with E-state index in [9.17, 15) is 13.2 Å². The third-order valence-corrected chi connectivity index (χ3v) is 7.78. The van der Waals surface area contributed by atoms with Gasteiger partial charge in [-0.05, 0) is 62.6 Å². The fourth-order valence-corrected chi connectivity index (χ4v) is 5.20. The van der Waals surface area contributed by atoms with Crippen LogP contribution in [-0.4, -0.2) is 40.0 Å². The number of amides is 1. The second kappa shape index (κ2) is 10.6. The van der Waals surface area contributed by atoms with Crippen LogP contribution in [0, 0.1) is 6.92 Å². The fourth-order valence-electron chi connectivity index (χ4n) is 3.18. The Bertz CT molecular complexity index is 1160. The predicted molar refractivity (Wildman–Crippen MR) is 127 cm³/mol. The highest BCUT2D eigenvalue weighted by molar-refractivity contribution is 7.92. The summed E-state index contributed by atoms with van der Waals surface area (Å²) in [6.45, 7) is 2.53. The lowest BCUT2D eigenvalue weighted by atomic mass is 10.2. The first-order valence-corrected chi connectivity index (χ1v) is 12.6. The molecule has 0 saturated heterocycles. The number of sulfonamides is 1. The topological polar surface area (TPSA) is 88.6 Å². The number of nitrogens with zero attached hydrogens (tertiary/aromatic N) is 2. The van der Waals surface area contributed by atoms with Crippen LogP contribution < -0.4 is 14.4 Å². The number of hydrogen-bond acceptors (Lipinski definition) is 6. The number of anilines is 1. The highest BCUT2D eigenvalue weighted by Crippen LogP contribution is 2.30. The predicted octanol–water partition coefficient (Wildman–Crippen LogP) is 4.04. The van der Waals surface area contributed by atoms with Crippen LogP contribution in [0.15, 0.2) is 58.8 Å². The molecule has 170 valence electrons. The van der Waals surface area contributed by atoms with Gasteiger partial charge >= 0.3 is 0 Å². The minimum atomic E-state index is -3.80. The molecule has 1 N–H and O–H groups in total. The van der Waals surface area contributed by atoms with E-state index in [1.807, 2.05) is 12.3 Å². The minimum Gasteiger partial charge on any atom is -0.495 e. The van der Waals surface area contributed by atoms with Gasteiger partial charge in [0.1, 0.15) is 5.75 Å². The van der Waals surface area contributed by atoms with Gasteiger partial charge in [-0.1, -0.05) is 12.1 Å². The van der Waals surface area contributed by atoms with Gasteiger partial charge in [0.05, 0.1) is 22.7 Å². The lowest BCUT2D eigenvalue weighted by molar-refractivity contribution is 0.0953. The van der Waals surface area contributed by atoms with Crippen LogP contribution in [0.3, 0.4) is 0 Å². The number of rotatable bonds is 10. The number of carbonyl (C=O) groups is 1. The van der Waals surface area contributed by atoms with E-state index < -0.39 is 10.0 Å². The number of thiazole rings is 1. The third kappa shape index (κ3) is 5.66. The van der Waals surface area contributed by atoms with Gasteiger partial charge in [0, 0.05) is 30.2 Å². The zero-order valence-electron chi connectivity index (χ0n) is 18.4. The molecular weight excluding hydrogens is 446 g/mol. The summed E-state index contributed by atoms with van der Waals surface area (Å²) in [4.78, 5) is 16.9. The van der Waals surface area contributed by atoms with E-state index in [2.05, 4.69) is 10.3 Å². The molecule has 2 aromatic carbocycles. The second-order valence-corrected chi connectivity index (χ2v) is 10.2.